The number of fused-ring (bicyclic) bond motifs is 1. The maximum absolute atomic E-state index is 13.4. The quantitative estimate of drug-likeness (QED) is 0.797. The summed E-state index contributed by atoms with van der Waals surface area (Å²) in [4.78, 5) is 21.7. The molecule has 1 amide bonds. The highest BCUT2D eigenvalue weighted by Gasteiger charge is 2.35. The van der Waals surface area contributed by atoms with E-state index in [2.05, 4.69) is 31.1 Å². The van der Waals surface area contributed by atoms with Crippen molar-refractivity contribution >= 4 is 11.7 Å². The highest BCUT2D eigenvalue weighted by atomic mass is 19.3. The van der Waals surface area contributed by atoms with Crippen LogP contribution in [0.25, 0.3) is 5.78 Å². The molecule has 2 aromatic heterocycles. The summed E-state index contributed by atoms with van der Waals surface area (Å²) in [5.74, 6) is -1.12. The first-order valence-corrected chi connectivity index (χ1v) is 11.1. The summed E-state index contributed by atoms with van der Waals surface area (Å²) in [5.41, 5.74) is 2.57. The minimum Gasteiger partial charge on any atom is -0.356 e. The smallest absolute Gasteiger partial charge is 0.251 e. The van der Waals surface area contributed by atoms with Gasteiger partial charge in [0.1, 0.15) is 0 Å². The normalized spacial score (nSPS) is 25.1. The van der Waals surface area contributed by atoms with Crippen molar-refractivity contribution in [3.05, 3.63) is 23.3 Å². The van der Waals surface area contributed by atoms with Crippen molar-refractivity contribution in [3.63, 3.8) is 0 Å². The van der Waals surface area contributed by atoms with E-state index >= 15 is 0 Å². The van der Waals surface area contributed by atoms with Gasteiger partial charge in [0.25, 0.3) is 5.78 Å². The van der Waals surface area contributed by atoms with Crippen LogP contribution >= 0.6 is 0 Å². The molecular weight excluding hydrogens is 388 g/mol. The number of alkyl halides is 2. The number of halogens is 2. The lowest BCUT2D eigenvalue weighted by Crippen LogP contribution is -2.41. The summed E-state index contributed by atoms with van der Waals surface area (Å²) < 4.78 is 28.5. The number of nitrogens with one attached hydrogen (secondary N) is 1. The molecular formula is C22H31F2N5O. The van der Waals surface area contributed by atoms with Crippen molar-refractivity contribution in [2.75, 3.05) is 6.54 Å². The van der Waals surface area contributed by atoms with Gasteiger partial charge in [-0.2, -0.15) is 5.10 Å². The molecule has 0 spiro atoms. The Labute approximate surface area is 175 Å². The lowest BCUT2D eigenvalue weighted by Gasteiger charge is -2.27. The van der Waals surface area contributed by atoms with Crippen LogP contribution in [0, 0.1) is 17.8 Å². The van der Waals surface area contributed by atoms with E-state index < -0.39 is 5.92 Å². The third-order valence-electron chi connectivity index (χ3n) is 6.47. The van der Waals surface area contributed by atoms with E-state index in [0.29, 0.717) is 37.4 Å². The monoisotopic (exact) mass is 419 g/mol. The molecule has 2 atom stereocenters. The van der Waals surface area contributed by atoms with Gasteiger partial charge >= 0.3 is 0 Å². The topological polar surface area (TPSA) is 72.2 Å². The maximum atomic E-state index is 13.4. The lowest BCUT2D eigenvalue weighted by molar-refractivity contribution is -0.127. The Bertz CT molecular complexity index is 916. The molecule has 1 aliphatic carbocycles. The summed E-state index contributed by atoms with van der Waals surface area (Å²) in [5, 5.41) is 7.76. The number of nitrogens with zero attached hydrogens (tertiary/aromatic N) is 4. The molecule has 3 heterocycles. The van der Waals surface area contributed by atoms with Crippen molar-refractivity contribution in [1.82, 2.24) is 24.9 Å². The second-order valence-electron chi connectivity index (χ2n) is 9.57. The highest BCUT2D eigenvalue weighted by Crippen LogP contribution is 2.37. The van der Waals surface area contributed by atoms with Crippen LogP contribution in [-0.4, -0.2) is 38.0 Å². The summed E-state index contributed by atoms with van der Waals surface area (Å²) in [7, 11) is 0. The number of amides is 1. The van der Waals surface area contributed by atoms with E-state index in [1.54, 1.807) is 4.52 Å². The van der Waals surface area contributed by atoms with E-state index in [1.807, 2.05) is 6.20 Å². The number of hydrogen-bond acceptors (Lipinski definition) is 4. The predicted octanol–water partition coefficient (Wildman–Crippen LogP) is 3.93. The van der Waals surface area contributed by atoms with Crippen LogP contribution in [0.3, 0.4) is 0 Å². The fourth-order valence-electron chi connectivity index (χ4n) is 4.72. The summed E-state index contributed by atoms with van der Waals surface area (Å²) >= 11 is 0. The number of imidazole rings is 1. The maximum Gasteiger partial charge on any atom is 0.251 e. The Balaban J connectivity index is 1.55. The molecule has 30 heavy (non-hydrogen) atoms. The van der Waals surface area contributed by atoms with Gasteiger partial charge < -0.3 is 5.32 Å². The molecule has 164 valence electrons. The molecule has 0 bridgehead atoms. The Morgan fingerprint density at radius 1 is 1.23 bits per heavy atom. The van der Waals surface area contributed by atoms with Gasteiger partial charge in [0.05, 0.1) is 23.3 Å². The van der Waals surface area contributed by atoms with E-state index in [1.165, 1.54) is 0 Å². The van der Waals surface area contributed by atoms with Crippen molar-refractivity contribution in [2.24, 2.45) is 17.8 Å². The van der Waals surface area contributed by atoms with Gasteiger partial charge in [-0.3, -0.25) is 4.79 Å². The van der Waals surface area contributed by atoms with Crippen LogP contribution in [0.4, 0.5) is 8.78 Å². The first-order chi connectivity index (χ1) is 14.2. The molecule has 1 aliphatic heterocycles. The van der Waals surface area contributed by atoms with E-state index in [4.69, 9.17) is 10.1 Å². The van der Waals surface area contributed by atoms with Crippen LogP contribution in [0.5, 0.6) is 0 Å². The molecule has 0 radical (unpaired) electrons. The molecule has 0 aromatic carbocycles. The van der Waals surface area contributed by atoms with Crippen molar-refractivity contribution < 1.29 is 13.6 Å². The zero-order valence-electron chi connectivity index (χ0n) is 18.0. The van der Waals surface area contributed by atoms with Crippen molar-refractivity contribution in [2.45, 2.75) is 77.6 Å². The summed E-state index contributed by atoms with van der Waals surface area (Å²) in [6.45, 7) is 7.02. The van der Waals surface area contributed by atoms with Gasteiger partial charge in [-0.05, 0) is 43.4 Å². The molecule has 6 nitrogen and oxygen atoms in total. The molecule has 1 saturated carbocycles. The standard InChI is InChI=1S/C22H31F2N5O/c1-13(2)19-18(10-16-8-14(3)11-25-20(16)30)28-29-12-17(26-21(29)27-19)9-15-4-6-22(23,24)7-5-15/h12-16H,4-11H2,1-3H3,(H,25,30)/t14-,16?/m1/s1. The van der Waals surface area contributed by atoms with Crippen molar-refractivity contribution in [1.29, 1.82) is 0 Å². The Kier molecular flexibility index (Phi) is 5.77. The van der Waals surface area contributed by atoms with Crippen LogP contribution in [0.1, 0.15) is 75.9 Å². The lowest BCUT2D eigenvalue weighted by atomic mass is 9.84. The Morgan fingerprint density at radius 3 is 2.67 bits per heavy atom. The summed E-state index contributed by atoms with van der Waals surface area (Å²) in [6, 6.07) is 0. The number of carbonyl (C=O) groups excluding carboxylic acids is 1. The van der Waals surface area contributed by atoms with E-state index in [-0.39, 0.29) is 36.5 Å². The Hall–Kier alpha value is -2.12. The van der Waals surface area contributed by atoms with Gasteiger partial charge in [0.2, 0.25) is 11.8 Å². The molecule has 1 N–H and O–H groups in total. The second-order valence-corrected chi connectivity index (χ2v) is 9.57. The van der Waals surface area contributed by atoms with Crippen molar-refractivity contribution in [3.8, 4) is 0 Å². The summed E-state index contributed by atoms with van der Waals surface area (Å²) in [6.07, 6.45) is 4.94. The number of hydrogen-bond donors (Lipinski definition) is 1. The number of rotatable bonds is 5. The zero-order valence-corrected chi connectivity index (χ0v) is 18.0. The molecule has 1 unspecified atom stereocenters. The predicted molar refractivity (Wildman–Crippen MR) is 109 cm³/mol. The first kappa shape index (κ1) is 21.1. The molecule has 4 rings (SSSR count). The first-order valence-electron chi connectivity index (χ1n) is 11.1. The average molecular weight is 420 g/mol. The number of aromatic nitrogens is 4. The molecule has 2 fully saturated rings. The number of carbonyl (C=O) groups is 1. The van der Waals surface area contributed by atoms with Gasteiger partial charge in [-0.15, -0.1) is 0 Å². The fourth-order valence-corrected chi connectivity index (χ4v) is 4.72. The minimum absolute atomic E-state index is 0.0366. The molecule has 2 aliphatic rings. The SMILES string of the molecule is CC(C)c1nc2nc(CC3CCC(F)(F)CC3)cn2nc1CC1C[C@@H](C)CNC1=O. The van der Waals surface area contributed by atoms with Gasteiger partial charge in [0.15, 0.2) is 0 Å². The third-order valence-corrected chi connectivity index (χ3v) is 6.47. The van der Waals surface area contributed by atoms with Crippen LogP contribution in [-0.2, 0) is 17.6 Å². The average Bonchev–Trinajstić information content (AvgIpc) is 3.07. The third kappa shape index (κ3) is 4.62. The van der Waals surface area contributed by atoms with Crippen LogP contribution in [0.2, 0.25) is 0 Å². The molecule has 2 aromatic rings. The van der Waals surface area contributed by atoms with Gasteiger partial charge in [-0.1, -0.05) is 20.8 Å². The molecule has 1 saturated heterocycles. The van der Waals surface area contributed by atoms with Crippen LogP contribution < -0.4 is 5.32 Å². The highest BCUT2D eigenvalue weighted by molar-refractivity contribution is 5.79. The van der Waals surface area contributed by atoms with E-state index in [0.717, 1.165) is 30.0 Å². The zero-order chi connectivity index (χ0) is 21.5. The van der Waals surface area contributed by atoms with Gasteiger partial charge in [-0.25, -0.2) is 23.3 Å². The minimum atomic E-state index is -2.51. The number of piperidine rings is 1. The Morgan fingerprint density at radius 2 is 1.97 bits per heavy atom. The fraction of sp³-hybridized carbons (Fsp3) is 0.727. The van der Waals surface area contributed by atoms with Gasteiger partial charge in [0, 0.05) is 31.7 Å². The van der Waals surface area contributed by atoms with E-state index in [9.17, 15) is 13.6 Å². The van der Waals surface area contributed by atoms with Crippen LogP contribution in [0.15, 0.2) is 6.20 Å². The molecule has 8 heteroatoms. The largest absolute Gasteiger partial charge is 0.356 e. The second kappa shape index (κ2) is 8.19.